The van der Waals surface area contributed by atoms with Gasteiger partial charge in [-0.1, -0.05) is 23.8 Å². The Morgan fingerprint density at radius 2 is 2.00 bits per heavy atom. The Labute approximate surface area is 157 Å². The summed E-state index contributed by atoms with van der Waals surface area (Å²) in [6.07, 6.45) is 0.643. The molecule has 27 heavy (non-hydrogen) atoms. The van der Waals surface area contributed by atoms with Crippen molar-refractivity contribution in [2.24, 2.45) is 0 Å². The third-order valence-electron chi connectivity index (χ3n) is 5.41. The summed E-state index contributed by atoms with van der Waals surface area (Å²) in [6.45, 7) is 4.97. The number of aryl methyl sites for hydroxylation is 2. The third-order valence-corrected chi connectivity index (χ3v) is 5.41. The van der Waals surface area contributed by atoms with Crippen LogP contribution in [0.15, 0.2) is 36.4 Å². The SMILES string of the molecule is Cc1ccc(NC(=O)N2CC(=O)N3CCc4cc(F)ccc4C3C2)c(C)c1. The van der Waals surface area contributed by atoms with Crippen LogP contribution in [0, 0.1) is 19.7 Å². The summed E-state index contributed by atoms with van der Waals surface area (Å²) in [5, 5.41) is 2.91. The van der Waals surface area contributed by atoms with Gasteiger partial charge < -0.3 is 15.1 Å². The maximum Gasteiger partial charge on any atom is 0.322 e. The molecule has 2 aliphatic heterocycles. The molecule has 0 radical (unpaired) electrons. The Bertz CT molecular complexity index is 928. The van der Waals surface area contributed by atoms with Gasteiger partial charge in [-0.2, -0.15) is 0 Å². The Morgan fingerprint density at radius 1 is 1.19 bits per heavy atom. The third kappa shape index (κ3) is 3.27. The second-order valence-corrected chi connectivity index (χ2v) is 7.33. The van der Waals surface area contributed by atoms with Gasteiger partial charge in [-0.15, -0.1) is 0 Å². The summed E-state index contributed by atoms with van der Waals surface area (Å²) in [5.41, 5.74) is 4.69. The number of rotatable bonds is 1. The van der Waals surface area contributed by atoms with Gasteiger partial charge in [0.25, 0.3) is 0 Å². The van der Waals surface area contributed by atoms with E-state index in [-0.39, 0.29) is 30.3 Å². The zero-order valence-electron chi connectivity index (χ0n) is 15.5. The lowest BCUT2D eigenvalue weighted by atomic mass is 9.90. The number of nitrogens with one attached hydrogen (secondary N) is 1. The number of urea groups is 1. The molecule has 0 aliphatic carbocycles. The molecule has 0 aromatic heterocycles. The Balaban J connectivity index is 1.56. The van der Waals surface area contributed by atoms with Gasteiger partial charge in [0, 0.05) is 18.8 Å². The fraction of sp³-hybridized carbons (Fsp3) is 0.333. The molecule has 4 rings (SSSR count). The highest BCUT2D eigenvalue weighted by atomic mass is 19.1. The standard InChI is InChI=1S/C21H22FN3O2/c1-13-3-6-18(14(2)9-13)23-21(27)24-11-19-17-5-4-16(22)10-15(17)7-8-25(19)20(26)12-24/h3-6,9-10,19H,7-8,11-12H2,1-2H3,(H,23,27). The molecule has 1 atom stereocenters. The first kappa shape index (κ1) is 17.5. The number of piperazine rings is 1. The second-order valence-electron chi connectivity index (χ2n) is 7.33. The summed E-state index contributed by atoms with van der Waals surface area (Å²) in [5.74, 6) is -0.342. The number of carbonyl (C=O) groups excluding carboxylic acids is 2. The van der Waals surface area contributed by atoms with Crippen LogP contribution in [0.2, 0.25) is 0 Å². The molecule has 2 aromatic carbocycles. The summed E-state index contributed by atoms with van der Waals surface area (Å²) in [7, 11) is 0. The molecule has 140 valence electrons. The summed E-state index contributed by atoms with van der Waals surface area (Å²) < 4.78 is 13.6. The Hall–Kier alpha value is -2.89. The van der Waals surface area contributed by atoms with Crippen LogP contribution >= 0.6 is 0 Å². The van der Waals surface area contributed by atoms with E-state index in [9.17, 15) is 14.0 Å². The van der Waals surface area contributed by atoms with Crippen molar-refractivity contribution in [1.29, 1.82) is 0 Å². The number of halogens is 1. The largest absolute Gasteiger partial charge is 0.332 e. The summed E-state index contributed by atoms with van der Waals surface area (Å²) in [4.78, 5) is 28.7. The first-order chi connectivity index (χ1) is 12.9. The van der Waals surface area contributed by atoms with Gasteiger partial charge in [0.15, 0.2) is 0 Å². The van der Waals surface area contributed by atoms with E-state index in [1.807, 2.05) is 32.0 Å². The molecule has 1 unspecified atom stereocenters. The molecule has 2 aromatic rings. The normalized spacial score (nSPS) is 18.8. The van der Waals surface area contributed by atoms with E-state index in [0.29, 0.717) is 19.5 Å². The summed E-state index contributed by atoms with van der Waals surface area (Å²) in [6, 6.07) is 10.00. The van der Waals surface area contributed by atoms with Crippen LogP contribution in [0.5, 0.6) is 0 Å². The topological polar surface area (TPSA) is 52.7 Å². The van der Waals surface area contributed by atoms with Crippen LogP contribution in [0.1, 0.15) is 28.3 Å². The minimum absolute atomic E-state index is 0.0593. The van der Waals surface area contributed by atoms with Gasteiger partial charge in [0.05, 0.1) is 6.04 Å². The summed E-state index contributed by atoms with van der Waals surface area (Å²) >= 11 is 0. The molecule has 5 nitrogen and oxygen atoms in total. The van der Waals surface area contributed by atoms with E-state index in [1.54, 1.807) is 15.9 Å². The van der Waals surface area contributed by atoms with Crippen molar-refractivity contribution < 1.29 is 14.0 Å². The molecule has 2 heterocycles. The molecular weight excluding hydrogens is 345 g/mol. The van der Waals surface area contributed by atoms with Crippen LogP contribution in [0.3, 0.4) is 0 Å². The Morgan fingerprint density at radius 3 is 2.78 bits per heavy atom. The highest BCUT2D eigenvalue weighted by Crippen LogP contribution is 2.33. The number of anilines is 1. The van der Waals surface area contributed by atoms with Crippen molar-refractivity contribution >= 4 is 17.6 Å². The smallest absolute Gasteiger partial charge is 0.322 e. The molecule has 1 saturated heterocycles. The maximum absolute atomic E-state index is 13.6. The molecule has 2 aliphatic rings. The van der Waals surface area contributed by atoms with Gasteiger partial charge in [-0.3, -0.25) is 4.79 Å². The number of fused-ring (bicyclic) bond motifs is 3. The highest BCUT2D eigenvalue weighted by molar-refractivity contribution is 5.94. The van der Waals surface area contributed by atoms with Crippen molar-refractivity contribution in [3.63, 3.8) is 0 Å². The van der Waals surface area contributed by atoms with E-state index in [2.05, 4.69) is 5.32 Å². The van der Waals surface area contributed by atoms with Gasteiger partial charge in [-0.05, 0) is 55.2 Å². The van der Waals surface area contributed by atoms with Crippen LogP contribution in [0.25, 0.3) is 0 Å². The molecule has 6 heteroatoms. The lowest BCUT2D eigenvalue weighted by molar-refractivity contribution is -0.139. The minimum atomic E-state index is -0.288. The lowest BCUT2D eigenvalue weighted by Crippen LogP contribution is -2.56. The number of hydrogen-bond donors (Lipinski definition) is 1. The maximum atomic E-state index is 13.6. The highest BCUT2D eigenvalue weighted by Gasteiger charge is 2.38. The van der Waals surface area contributed by atoms with Gasteiger partial charge >= 0.3 is 6.03 Å². The van der Waals surface area contributed by atoms with Gasteiger partial charge in [-0.25, -0.2) is 9.18 Å². The van der Waals surface area contributed by atoms with Crippen LogP contribution in [-0.2, 0) is 11.2 Å². The van der Waals surface area contributed by atoms with E-state index in [1.165, 1.54) is 12.1 Å². The molecular formula is C21H22FN3O2. The van der Waals surface area contributed by atoms with Crippen molar-refractivity contribution in [1.82, 2.24) is 9.80 Å². The quantitative estimate of drug-likeness (QED) is 0.840. The first-order valence-electron chi connectivity index (χ1n) is 9.13. The molecule has 1 N–H and O–H groups in total. The van der Waals surface area contributed by atoms with Gasteiger partial charge in [0.2, 0.25) is 5.91 Å². The van der Waals surface area contributed by atoms with Gasteiger partial charge in [0.1, 0.15) is 12.4 Å². The molecule has 3 amide bonds. The second kappa shape index (κ2) is 6.68. The number of nitrogens with zero attached hydrogens (tertiary/aromatic N) is 2. The predicted octanol–water partition coefficient (Wildman–Crippen LogP) is 3.42. The van der Waals surface area contributed by atoms with Crippen molar-refractivity contribution in [3.05, 3.63) is 64.5 Å². The first-order valence-corrected chi connectivity index (χ1v) is 9.13. The van der Waals surface area contributed by atoms with E-state index < -0.39 is 0 Å². The van der Waals surface area contributed by atoms with E-state index >= 15 is 0 Å². The fourth-order valence-electron chi connectivity index (χ4n) is 4.01. The van der Waals surface area contributed by atoms with Crippen LogP contribution < -0.4 is 5.32 Å². The predicted molar refractivity (Wildman–Crippen MR) is 101 cm³/mol. The van der Waals surface area contributed by atoms with Crippen molar-refractivity contribution in [2.45, 2.75) is 26.3 Å². The Kier molecular flexibility index (Phi) is 4.34. The molecule has 0 bridgehead atoms. The lowest BCUT2D eigenvalue weighted by Gasteiger charge is -2.44. The average molecular weight is 367 g/mol. The average Bonchev–Trinajstić information content (AvgIpc) is 2.63. The number of hydrogen-bond acceptors (Lipinski definition) is 2. The molecule has 0 spiro atoms. The minimum Gasteiger partial charge on any atom is -0.332 e. The van der Waals surface area contributed by atoms with Crippen LogP contribution in [-0.4, -0.2) is 41.4 Å². The van der Waals surface area contributed by atoms with Crippen LogP contribution in [0.4, 0.5) is 14.9 Å². The molecule has 0 saturated carbocycles. The van der Waals surface area contributed by atoms with Crippen molar-refractivity contribution in [3.8, 4) is 0 Å². The van der Waals surface area contributed by atoms with E-state index in [0.717, 1.165) is 27.9 Å². The van der Waals surface area contributed by atoms with Crippen molar-refractivity contribution in [2.75, 3.05) is 25.0 Å². The monoisotopic (exact) mass is 367 g/mol. The number of benzene rings is 2. The molecule has 1 fully saturated rings. The van der Waals surface area contributed by atoms with E-state index in [4.69, 9.17) is 0 Å². The zero-order valence-corrected chi connectivity index (χ0v) is 15.5. The fourth-order valence-corrected chi connectivity index (χ4v) is 4.01. The number of amides is 3. The number of carbonyl (C=O) groups is 2. The zero-order chi connectivity index (χ0) is 19.1.